The molecule has 204 valence electrons. The molecule has 2 aromatic heterocycles. The second-order valence-corrected chi connectivity index (χ2v) is 10.6. The summed E-state index contributed by atoms with van der Waals surface area (Å²) in [6.45, 7) is 8.37. The molecule has 2 heterocycles. The molecule has 6 heteroatoms. The lowest BCUT2D eigenvalue weighted by atomic mass is 9.84. The maximum absolute atomic E-state index is 14.3. The Kier molecular flexibility index (Phi) is 7.35. The highest BCUT2D eigenvalue weighted by atomic mass is 16.5. The molecule has 0 saturated heterocycles. The van der Waals surface area contributed by atoms with Crippen molar-refractivity contribution in [2.75, 3.05) is 14.2 Å². The van der Waals surface area contributed by atoms with E-state index in [0.29, 0.717) is 23.0 Å². The molecule has 0 atom stereocenters. The maximum Gasteiger partial charge on any atom is 0.232 e. The Labute approximate surface area is 234 Å². The molecule has 1 aliphatic rings. The van der Waals surface area contributed by atoms with E-state index in [1.54, 1.807) is 0 Å². The highest BCUT2D eigenvalue weighted by Gasteiger charge is 2.40. The third-order valence-electron chi connectivity index (χ3n) is 7.00. The molecule has 6 nitrogen and oxygen atoms in total. The summed E-state index contributed by atoms with van der Waals surface area (Å²) in [7, 11) is 2.87. The zero-order chi connectivity index (χ0) is 28.6. The van der Waals surface area contributed by atoms with Crippen LogP contribution in [0.25, 0.3) is 45.2 Å². The first-order chi connectivity index (χ1) is 19.3. The summed E-state index contributed by atoms with van der Waals surface area (Å²) in [5, 5.41) is 1.67. The summed E-state index contributed by atoms with van der Waals surface area (Å²) in [5.41, 5.74) is 4.14. The Hall–Kier alpha value is -4.58. The first kappa shape index (κ1) is 27.0. The van der Waals surface area contributed by atoms with E-state index in [0.717, 1.165) is 27.5 Å². The van der Waals surface area contributed by atoms with Gasteiger partial charge in [0.1, 0.15) is 0 Å². The number of H-pyrrole nitrogens is 1. The van der Waals surface area contributed by atoms with Crippen molar-refractivity contribution in [1.82, 2.24) is 9.55 Å². The molecule has 0 spiro atoms. The molecular weight excluding hydrogens is 500 g/mol. The summed E-state index contributed by atoms with van der Waals surface area (Å²) < 4.78 is 13.5. The van der Waals surface area contributed by atoms with E-state index in [4.69, 9.17) is 9.47 Å². The largest absolute Gasteiger partial charge is 0.492 e. The lowest BCUT2D eigenvalue weighted by Crippen LogP contribution is -2.25. The normalized spacial score (nSPS) is 14.9. The van der Waals surface area contributed by atoms with Crippen molar-refractivity contribution in [2.24, 2.45) is 11.8 Å². The lowest BCUT2D eigenvalue weighted by Gasteiger charge is -2.22. The van der Waals surface area contributed by atoms with E-state index in [-0.39, 0.29) is 22.7 Å². The Morgan fingerprint density at radius 2 is 1.38 bits per heavy atom. The molecule has 0 saturated carbocycles. The van der Waals surface area contributed by atoms with Crippen LogP contribution in [0.2, 0.25) is 0 Å². The van der Waals surface area contributed by atoms with Crippen LogP contribution in [-0.2, 0) is 19.1 Å². The predicted molar refractivity (Wildman–Crippen MR) is 162 cm³/mol. The molecule has 0 bridgehead atoms. The first-order valence-electron chi connectivity index (χ1n) is 13.5. The molecule has 0 aliphatic heterocycles. The van der Waals surface area contributed by atoms with Gasteiger partial charge in [-0.25, -0.2) is 0 Å². The van der Waals surface area contributed by atoms with Crippen LogP contribution in [0.15, 0.2) is 78.4 Å². The van der Waals surface area contributed by atoms with Crippen LogP contribution in [0.1, 0.15) is 44.5 Å². The summed E-state index contributed by atoms with van der Waals surface area (Å²) in [4.78, 5) is 32.0. The summed E-state index contributed by atoms with van der Waals surface area (Å²) in [6, 6.07) is 15.5. The number of hydrogen-bond acceptors (Lipinski definition) is 4. The maximum atomic E-state index is 14.3. The summed E-state index contributed by atoms with van der Waals surface area (Å²) >= 11 is 0. The van der Waals surface area contributed by atoms with Crippen molar-refractivity contribution in [3.05, 3.63) is 95.2 Å². The highest BCUT2D eigenvalue weighted by molar-refractivity contribution is 6.48. The van der Waals surface area contributed by atoms with Gasteiger partial charge in [0, 0.05) is 45.5 Å². The minimum Gasteiger partial charge on any atom is -0.492 e. The average molecular weight is 535 g/mol. The van der Waals surface area contributed by atoms with Gasteiger partial charge in [0.2, 0.25) is 11.6 Å². The summed E-state index contributed by atoms with van der Waals surface area (Å²) in [5.74, 6) is -0.153. The Morgan fingerprint density at radius 3 is 2.05 bits per heavy atom. The van der Waals surface area contributed by atoms with Gasteiger partial charge in [-0.05, 0) is 30.0 Å². The Balaban J connectivity index is 1.76. The van der Waals surface area contributed by atoms with Crippen molar-refractivity contribution < 1.29 is 19.1 Å². The van der Waals surface area contributed by atoms with Crippen molar-refractivity contribution in [3.8, 4) is 0 Å². The fraction of sp³-hybridized carbons (Fsp3) is 0.235. The molecule has 1 N–H and O–H groups in total. The topological polar surface area (TPSA) is 73.3 Å². The number of aromatic amines is 1. The number of nitrogens with one attached hydrogen (secondary N) is 1. The highest BCUT2D eigenvalue weighted by Crippen LogP contribution is 2.42. The molecule has 4 aromatic rings. The number of carbonyl (C=O) groups excluding carboxylic acids is 2. The monoisotopic (exact) mass is 534 g/mol. The Bertz CT molecular complexity index is 1750. The second kappa shape index (κ2) is 10.9. The average Bonchev–Trinajstić information content (AvgIpc) is 3.49. The number of ketones is 2. The van der Waals surface area contributed by atoms with Crippen LogP contribution < -0.4 is 0 Å². The zero-order valence-corrected chi connectivity index (χ0v) is 23.7. The van der Waals surface area contributed by atoms with Gasteiger partial charge in [-0.2, -0.15) is 0 Å². The smallest absolute Gasteiger partial charge is 0.232 e. The predicted octanol–water partition coefficient (Wildman–Crippen LogP) is 7.49. The van der Waals surface area contributed by atoms with Crippen LogP contribution in [0, 0.1) is 11.8 Å². The van der Waals surface area contributed by atoms with Crippen LogP contribution in [-0.4, -0.2) is 35.3 Å². The number of fused-ring (bicyclic) bond motifs is 2. The standard InChI is InChI=1S/C34H34N2O4/c1-20(2)15-16-26-28(23-12-7-9-13-25(23)35-26)30-32(38)33(39-5)29(31(37)34(30)40-6)24-19-36(18-17-21(3)4)27-14-10-8-11-22(24)27/h7-21,35H,1-6H3. The molecular formula is C34H34N2O4. The van der Waals surface area contributed by atoms with Crippen molar-refractivity contribution >= 4 is 56.8 Å². The van der Waals surface area contributed by atoms with Gasteiger partial charge in [-0.15, -0.1) is 0 Å². The molecule has 40 heavy (non-hydrogen) atoms. The molecule has 0 fully saturated rings. The van der Waals surface area contributed by atoms with E-state index >= 15 is 0 Å². The quantitative estimate of drug-likeness (QED) is 0.238. The minimum atomic E-state index is -0.396. The number of ether oxygens (including phenoxy) is 2. The molecule has 0 radical (unpaired) electrons. The van der Waals surface area contributed by atoms with Gasteiger partial charge in [0.05, 0.1) is 30.9 Å². The van der Waals surface area contributed by atoms with E-state index in [1.807, 2.05) is 71.6 Å². The number of methoxy groups -OCH3 is 2. The van der Waals surface area contributed by atoms with Gasteiger partial charge in [-0.1, -0.05) is 76.2 Å². The van der Waals surface area contributed by atoms with Crippen molar-refractivity contribution in [1.29, 1.82) is 0 Å². The fourth-order valence-electron chi connectivity index (χ4n) is 5.16. The van der Waals surface area contributed by atoms with Crippen molar-refractivity contribution in [2.45, 2.75) is 27.7 Å². The van der Waals surface area contributed by atoms with Crippen LogP contribution in [0.4, 0.5) is 0 Å². The number of Topliss-reactive ketones (excluding diaryl/α,β-unsaturated/α-hetero) is 2. The van der Waals surface area contributed by atoms with E-state index < -0.39 is 11.6 Å². The summed E-state index contributed by atoms with van der Waals surface area (Å²) in [6.07, 6.45) is 9.95. The minimum absolute atomic E-state index is 0.000567. The van der Waals surface area contributed by atoms with E-state index in [1.165, 1.54) is 14.2 Å². The molecule has 5 rings (SSSR count). The van der Waals surface area contributed by atoms with Gasteiger partial charge in [0.25, 0.3) is 0 Å². The third-order valence-corrected chi connectivity index (χ3v) is 7.00. The lowest BCUT2D eigenvalue weighted by molar-refractivity contribution is -0.117. The molecule has 2 aromatic carbocycles. The number of nitrogens with zero attached hydrogens (tertiary/aromatic N) is 1. The molecule has 1 aliphatic carbocycles. The van der Waals surface area contributed by atoms with E-state index in [9.17, 15) is 9.59 Å². The van der Waals surface area contributed by atoms with E-state index in [2.05, 4.69) is 44.8 Å². The number of benzene rings is 2. The van der Waals surface area contributed by atoms with Gasteiger partial charge in [0.15, 0.2) is 11.5 Å². The number of allylic oxidation sites excluding steroid dienone is 4. The SMILES string of the molecule is COC1=C(c2c(C=CC(C)C)[nH]c3ccccc23)C(=O)C(OC)=C(c2cn(C=CC(C)C)c3ccccc23)C1=O. The fourth-order valence-corrected chi connectivity index (χ4v) is 5.16. The number of carbonyl (C=O) groups is 2. The number of rotatable bonds is 8. The zero-order valence-electron chi connectivity index (χ0n) is 23.7. The molecule has 0 amide bonds. The number of para-hydroxylation sites is 2. The van der Waals surface area contributed by atoms with Gasteiger partial charge < -0.3 is 19.0 Å². The van der Waals surface area contributed by atoms with Gasteiger partial charge in [-0.3, -0.25) is 9.59 Å². The van der Waals surface area contributed by atoms with Crippen molar-refractivity contribution in [3.63, 3.8) is 0 Å². The van der Waals surface area contributed by atoms with Crippen LogP contribution in [0.5, 0.6) is 0 Å². The number of hydrogen-bond donors (Lipinski definition) is 1. The molecule has 0 unspecified atom stereocenters. The van der Waals surface area contributed by atoms with Crippen LogP contribution in [0.3, 0.4) is 0 Å². The first-order valence-corrected chi connectivity index (χ1v) is 13.5. The van der Waals surface area contributed by atoms with Crippen LogP contribution >= 0.6 is 0 Å². The number of aromatic nitrogens is 2. The second-order valence-electron chi connectivity index (χ2n) is 10.6. The van der Waals surface area contributed by atoms with Gasteiger partial charge >= 0.3 is 0 Å². The Morgan fingerprint density at radius 1 is 0.775 bits per heavy atom. The third kappa shape index (κ3) is 4.60.